The van der Waals surface area contributed by atoms with Gasteiger partial charge in [0, 0.05) is 51.0 Å². The summed E-state index contributed by atoms with van der Waals surface area (Å²) in [6.07, 6.45) is 11.0. The number of piperidine rings is 2. The third kappa shape index (κ3) is 5.84. The van der Waals surface area contributed by atoms with E-state index in [1.807, 2.05) is 37.4 Å². The van der Waals surface area contributed by atoms with Gasteiger partial charge in [0.05, 0.1) is 4.90 Å². The molecule has 0 amide bonds. The van der Waals surface area contributed by atoms with Gasteiger partial charge in [-0.2, -0.15) is 9.29 Å². The third-order valence-electron chi connectivity index (χ3n) is 7.94. The fraction of sp³-hybridized carbons (Fsp3) is 0.630. The zero-order chi connectivity index (χ0) is 25.0. The van der Waals surface area contributed by atoms with Gasteiger partial charge in [0.15, 0.2) is 0 Å². The highest BCUT2D eigenvalue weighted by atomic mass is 32.2. The molecular weight excluding hydrogens is 472 g/mol. The highest BCUT2D eigenvalue weighted by molar-refractivity contribution is 7.89. The molecule has 2 atom stereocenters. The lowest BCUT2D eigenvalue weighted by molar-refractivity contribution is 0.108. The maximum atomic E-state index is 13.4. The van der Waals surface area contributed by atoms with Crippen LogP contribution in [0.25, 0.3) is 0 Å². The fourth-order valence-electron chi connectivity index (χ4n) is 5.96. The number of anilines is 2. The zero-order valence-corrected chi connectivity index (χ0v) is 22.3. The molecule has 0 aliphatic carbocycles. The number of hydrogen-bond acceptors (Lipinski definition) is 7. The molecule has 3 saturated heterocycles. The molecule has 4 heterocycles. The van der Waals surface area contributed by atoms with Crippen molar-refractivity contribution in [2.24, 2.45) is 0 Å². The molecule has 8 nitrogen and oxygen atoms in total. The summed E-state index contributed by atoms with van der Waals surface area (Å²) in [6, 6.07) is 9.84. The second-order valence-electron chi connectivity index (χ2n) is 10.5. The Morgan fingerprint density at radius 2 is 1.67 bits per heavy atom. The van der Waals surface area contributed by atoms with E-state index in [9.17, 15) is 8.42 Å². The average molecular weight is 513 g/mol. The van der Waals surface area contributed by atoms with E-state index in [2.05, 4.69) is 20.1 Å². The van der Waals surface area contributed by atoms with E-state index in [1.165, 1.54) is 25.7 Å². The first-order valence-electron chi connectivity index (χ1n) is 13.6. The van der Waals surface area contributed by atoms with Crippen LogP contribution in [0.3, 0.4) is 0 Å². The summed E-state index contributed by atoms with van der Waals surface area (Å²) in [5, 5.41) is 3.60. The SMILES string of the molecule is Cc1ccccc1S(=O)(=O)N1CCCC(N2CCCC(Nc3nccc(N4CCCCCC4)n3)C2)C1. The summed E-state index contributed by atoms with van der Waals surface area (Å²) in [4.78, 5) is 14.7. The van der Waals surface area contributed by atoms with Crippen molar-refractivity contribution in [3.63, 3.8) is 0 Å². The van der Waals surface area contributed by atoms with Gasteiger partial charge in [-0.15, -0.1) is 0 Å². The highest BCUT2D eigenvalue weighted by Crippen LogP contribution is 2.27. The molecule has 1 aromatic carbocycles. The Morgan fingerprint density at radius 1 is 0.889 bits per heavy atom. The second kappa shape index (κ2) is 11.4. The molecule has 0 spiro atoms. The van der Waals surface area contributed by atoms with E-state index < -0.39 is 10.0 Å². The molecule has 0 bridgehead atoms. The van der Waals surface area contributed by atoms with Crippen molar-refractivity contribution in [1.29, 1.82) is 0 Å². The van der Waals surface area contributed by atoms with Crippen LogP contribution < -0.4 is 10.2 Å². The predicted molar refractivity (Wildman–Crippen MR) is 144 cm³/mol. The number of sulfonamides is 1. The van der Waals surface area contributed by atoms with Crippen LogP contribution in [0.15, 0.2) is 41.4 Å². The molecule has 3 aliphatic heterocycles. The van der Waals surface area contributed by atoms with Crippen LogP contribution in [0.5, 0.6) is 0 Å². The maximum absolute atomic E-state index is 13.4. The van der Waals surface area contributed by atoms with E-state index in [-0.39, 0.29) is 12.1 Å². The van der Waals surface area contributed by atoms with Crippen LogP contribution >= 0.6 is 0 Å². The molecule has 196 valence electrons. The zero-order valence-electron chi connectivity index (χ0n) is 21.5. The minimum absolute atomic E-state index is 0.242. The van der Waals surface area contributed by atoms with Gasteiger partial charge in [0.25, 0.3) is 0 Å². The van der Waals surface area contributed by atoms with Gasteiger partial charge in [0.1, 0.15) is 5.82 Å². The topological polar surface area (TPSA) is 81.7 Å². The lowest BCUT2D eigenvalue weighted by Gasteiger charge is -2.42. The second-order valence-corrected chi connectivity index (χ2v) is 12.4. The van der Waals surface area contributed by atoms with Crippen molar-refractivity contribution in [3.05, 3.63) is 42.1 Å². The van der Waals surface area contributed by atoms with Gasteiger partial charge in [-0.05, 0) is 69.7 Å². The van der Waals surface area contributed by atoms with Crippen molar-refractivity contribution >= 4 is 21.8 Å². The van der Waals surface area contributed by atoms with Gasteiger partial charge in [0.2, 0.25) is 16.0 Å². The van der Waals surface area contributed by atoms with Gasteiger partial charge in [-0.1, -0.05) is 31.0 Å². The number of likely N-dealkylation sites (tertiary alicyclic amines) is 1. The predicted octanol–water partition coefficient (Wildman–Crippen LogP) is 3.90. The summed E-state index contributed by atoms with van der Waals surface area (Å²) in [7, 11) is -3.48. The Labute approximate surface area is 216 Å². The lowest BCUT2D eigenvalue weighted by atomic mass is 9.99. The molecule has 9 heteroatoms. The number of nitrogens with zero attached hydrogens (tertiary/aromatic N) is 5. The van der Waals surface area contributed by atoms with Gasteiger partial charge in [-0.25, -0.2) is 13.4 Å². The Kier molecular flexibility index (Phi) is 8.08. The summed E-state index contributed by atoms with van der Waals surface area (Å²) < 4.78 is 28.5. The largest absolute Gasteiger partial charge is 0.356 e. The monoisotopic (exact) mass is 512 g/mol. The van der Waals surface area contributed by atoms with Crippen molar-refractivity contribution < 1.29 is 8.42 Å². The molecular formula is C27H40N6O2S. The molecule has 1 N–H and O–H groups in total. The van der Waals surface area contributed by atoms with Crippen LogP contribution in [-0.2, 0) is 10.0 Å². The lowest BCUT2D eigenvalue weighted by Crippen LogP contribution is -2.54. The number of nitrogens with one attached hydrogen (secondary N) is 1. The minimum Gasteiger partial charge on any atom is -0.356 e. The average Bonchev–Trinajstić information content (AvgIpc) is 3.19. The Bertz CT molecular complexity index is 1120. The van der Waals surface area contributed by atoms with Gasteiger partial charge < -0.3 is 10.2 Å². The van der Waals surface area contributed by atoms with Crippen LogP contribution in [0, 0.1) is 6.92 Å². The quantitative estimate of drug-likeness (QED) is 0.629. The molecule has 1 aromatic heterocycles. The normalized spacial score (nSPS) is 24.9. The first-order chi connectivity index (χ1) is 17.5. The van der Waals surface area contributed by atoms with Crippen LogP contribution in [0.2, 0.25) is 0 Å². The first-order valence-corrected chi connectivity index (χ1v) is 15.1. The number of aromatic nitrogens is 2. The van der Waals surface area contributed by atoms with Crippen LogP contribution in [-0.4, -0.2) is 78.9 Å². The number of benzene rings is 1. The van der Waals surface area contributed by atoms with Crippen molar-refractivity contribution in [3.8, 4) is 0 Å². The molecule has 36 heavy (non-hydrogen) atoms. The van der Waals surface area contributed by atoms with Crippen molar-refractivity contribution in [2.75, 3.05) is 49.5 Å². The van der Waals surface area contributed by atoms with Crippen LogP contribution in [0.1, 0.15) is 56.9 Å². The van der Waals surface area contributed by atoms with E-state index in [0.717, 1.165) is 63.2 Å². The maximum Gasteiger partial charge on any atom is 0.243 e. The molecule has 0 radical (unpaired) electrons. The summed E-state index contributed by atoms with van der Waals surface area (Å²) >= 11 is 0. The first kappa shape index (κ1) is 25.4. The summed E-state index contributed by atoms with van der Waals surface area (Å²) in [5.74, 6) is 1.72. The minimum atomic E-state index is -3.48. The van der Waals surface area contributed by atoms with Crippen molar-refractivity contribution in [2.45, 2.75) is 75.3 Å². The van der Waals surface area contributed by atoms with E-state index in [0.29, 0.717) is 23.9 Å². The van der Waals surface area contributed by atoms with Gasteiger partial charge in [-0.3, -0.25) is 4.90 Å². The molecule has 3 aliphatic rings. The van der Waals surface area contributed by atoms with E-state index >= 15 is 0 Å². The van der Waals surface area contributed by atoms with E-state index in [1.54, 1.807) is 10.4 Å². The number of hydrogen-bond donors (Lipinski definition) is 1. The van der Waals surface area contributed by atoms with E-state index in [4.69, 9.17) is 4.98 Å². The third-order valence-corrected chi connectivity index (χ3v) is 9.97. The standard InChI is InChI=1S/C27H40N6O2S/c1-22-10-4-5-13-25(22)36(34,35)33-19-9-12-24(21-33)32-18-8-11-23(20-32)29-27-28-15-14-26(30-27)31-16-6-2-3-7-17-31/h4-5,10,13-15,23-24H,2-3,6-9,11-12,16-21H2,1H3,(H,28,29,30). The number of aryl methyl sites for hydroxylation is 1. The fourth-order valence-corrected chi connectivity index (χ4v) is 7.70. The Morgan fingerprint density at radius 3 is 2.47 bits per heavy atom. The molecule has 5 rings (SSSR count). The van der Waals surface area contributed by atoms with Crippen molar-refractivity contribution in [1.82, 2.24) is 19.2 Å². The summed E-state index contributed by atoms with van der Waals surface area (Å²) in [6.45, 7) is 7.06. The molecule has 3 fully saturated rings. The molecule has 0 saturated carbocycles. The number of rotatable bonds is 6. The summed E-state index contributed by atoms with van der Waals surface area (Å²) in [5.41, 5.74) is 0.810. The highest BCUT2D eigenvalue weighted by Gasteiger charge is 2.35. The van der Waals surface area contributed by atoms with Gasteiger partial charge >= 0.3 is 0 Å². The molecule has 2 aromatic rings. The van der Waals surface area contributed by atoms with Crippen LogP contribution in [0.4, 0.5) is 11.8 Å². The Balaban J connectivity index is 1.22. The smallest absolute Gasteiger partial charge is 0.243 e. The molecule has 2 unspecified atom stereocenters. The Hall–Kier alpha value is -2.23.